The summed E-state index contributed by atoms with van der Waals surface area (Å²) in [6, 6.07) is 7.69. The lowest BCUT2D eigenvalue weighted by atomic mass is 9.98. The molecule has 3 aromatic heterocycles. The van der Waals surface area contributed by atoms with Crippen molar-refractivity contribution >= 4 is 16.7 Å². The number of fused-ring (bicyclic) bond motifs is 1. The van der Waals surface area contributed by atoms with E-state index in [9.17, 15) is 4.79 Å². The van der Waals surface area contributed by atoms with E-state index in [0.717, 1.165) is 48.1 Å². The van der Waals surface area contributed by atoms with Crippen molar-refractivity contribution < 1.29 is 9.21 Å². The van der Waals surface area contributed by atoms with E-state index in [1.165, 1.54) is 6.26 Å². The Balaban J connectivity index is 1.35. The van der Waals surface area contributed by atoms with E-state index in [1.807, 2.05) is 37.5 Å². The van der Waals surface area contributed by atoms with Gasteiger partial charge < -0.3 is 9.73 Å². The number of piperidine rings is 1. The first-order chi connectivity index (χ1) is 14.7. The van der Waals surface area contributed by atoms with Gasteiger partial charge in [-0.25, -0.2) is 4.98 Å². The molecule has 0 bridgehead atoms. The number of oxazole rings is 1. The van der Waals surface area contributed by atoms with Crippen molar-refractivity contribution in [2.24, 2.45) is 7.05 Å². The molecule has 5 rings (SSSR count). The number of hydrogen-bond acceptors (Lipinski definition) is 8. The Morgan fingerprint density at radius 1 is 1.20 bits per heavy atom. The maximum atomic E-state index is 12.7. The average molecular weight is 403 g/mol. The normalized spacial score (nSPS) is 15.0. The van der Waals surface area contributed by atoms with Crippen LogP contribution in [0.5, 0.6) is 0 Å². The molecule has 1 fully saturated rings. The van der Waals surface area contributed by atoms with Gasteiger partial charge in [-0.1, -0.05) is 11.3 Å². The van der Waals surface area contributed by atoms with Gasteiger partial charge in [0, 0.05) is 23.9 Å². The molecule has 152 valence electrons. The SMILES string of the molecule is Cn1cc(-c2ccc3nnc(CC(=O)c4coc(C5CCNCC5)n4)cc3c2)nn1. The molecule has 1 saturated heterocycles. The molecule has 1 aliphatic heterocycles. The largest absolute Gasteiger partial charge is 0.448 e. The summed E-state index contributed by atoms with van der Waals surface area (Å²) in [5.74, 6) is 0.795. The minimum absolute atomic E-state index is 0.122. The van der Waals surface area contributed by atoms with Crippen molar-refractivity contribution in [2.45, 2.75) is 25.2 Å². The highest BCUT2D eigenvalue weighted by Gasteiger charge is 2.22. The highest BCUT2D eigenvalue weighted by Crippen LogP contribution is 2.25. The second-order valence-electron chi connectivity index (χ2n) is 7.58. The van der Waals surface area contributed by atoms with Gasteiger partial charge in [0.05, 0.1) is 23.8 Å². The van der Waals surface area contributed by atoms with Crippen molar-refractivity contribution in [2.75, 3.05) is 13.1 Å². The highest BCUT2D eigenvalue weighted by atomic mass is 16.3. The summed E-state index contributed by atoms with van der Waals surface area (Å²) in [6.45, 7) is 1.89. The van der Waals surface area contributed by atoms with Crippen molar-refractivity contribution in [3.8, 4) is 11.3 Å². The second kappa shape index (κ2) is 7.75. The third-order valence-corrected chi connectivity index (χ3v) is 5.37. The number of rotatable bonds is 5. The summed E-state index contributed by atoms with van der Waals surface area (Å²) in [5.41, 5.74) is 3.41. The molecular weight excluding hydrogens is 382 g/mol. The molecule has 0 spiro atoms. The summed E-state index contributed by atoms with van der Waals surface area (Å²) < 4.78 is 7.25. The minimum atomic E-state index is -0.127. The Labute approximate surface area is 172 Å². The van der Waals surface area contributed by atoms with E-state index in [2.05, 4.69) is 30.8 Å². The number of nitrogens with one attached hydrogen (secondary N) is 1. The number of carbonyl (C=O) groups is 1. The van der Waals surface area contributed by atoms with E-state index in [4.69, 9.17) is 4.42 Å². The van der Waals surface area contributed by atoms with Gasteiger partial charge in [0.1, 0.15) is 17.7 Å². The fourth-order valence-electron chi connectivity index (χ4n) is 3.74. The monoisotopic (exact) mass is 403 g/mol. The van der Waals surface area contributed by atoms with E-state index in [-0.39, 0.29) is 18.1 Å². The Morgan fingerprint density at radius 2 is 2.07 bits per heavy atom. The van der Waals surface area contributed by atoms with Crippen LogP contribution in [0.2, 0.25) is 0 Å². The molecule has 4 heterocycles. The number of Topliss-reactive ketones (excluding diaryl/α,β-unsaturated/α-hetero) is 1. The number of nitrogens with zero attached hydrogens (tertiary/aromatic N) is 6. The molecule has 1 aromatic carbocycles. The fraction of sp³-hybridized carbons (Fsp3) is 0.333. The number of ketones is 1. The first-order valence-electron chi connectivity index (χ1n) is 9.98. The molecule has 9 nitrogen and oxygen atoms in total. The van der Waals surface area contributed by atoms with Crippen LogP contribution in [0.1, 0.15) is 40.8 Å². The number of aromatic nitrogens is 6. The van der Waals surface area contributed by atoms with Gasteiger partial charge in [0.15, 0.2) is 11.7 Å². The zero-order chi connectivity index (χ0) is 20.5. The lowest BCUT2D eigenvalue weighted by molar-refractivity contribution is 0.0987. The van der Waals surface area contributed by atoms with E-state index >= 15 is 0 Å². The van der Waals surface area contributed by atoms with Gasteiger partial charge in [-0.2, -0.15) is 10.2 Å². The average Bonchev–Trinajstić information content (AvgIpc) is 3.43. The molecule has 1 N–H and O–H groups in total. The summed E-state index contributed by atoms with van der Waals surface area (Å²) in [5, 5.41) is 20.8. The molecule has 0 atom stereocenters. The molecule has 4 aromatic rings. The quantitative estimate of drug-likeness (QED) is 0.505. The minimum Gasteiger partial charge on any atom is -0.448 e. The smallest absolute Gasteiger partial charge is 0.197 e. The Bertz CT molecular complexity index is 1210. The van der Waals surface area contributed by atoms with Crippen LogP contribution in [0.4, 0.5) is 0 Å². The number of carbonyl (C=O) groups excluding carboxylic acids is 1. The highest BCUT2D eigenvalue weighted by molar-refractivity contribution is 5.95. The molecular formula is C21H21N7O2. The standard InChI is InChI=1S/C21H21N7O2/c1-28-11-18(26-27-28)14-2-3-17-15(8-14)9-16(24-25-17)10-20(29)19-12-30-21(23-19)13-4-6-22-7-5-13/h2-3,8-9,11-13,22H,4-7,10H2,1H3. The van der Waals surface area contributed by atoms with Crippen LogP contribution in [-0.4, -0.2) is 49.0 Å². The van der Waals surface area contributed by atoms with Crippen LogP contribution >= 0.6 is 0 Å². The molecule has 0 amide bonds. The van der Waals surface area contributed by atoms with Crippen molar-refractivity contribution in [3.05, 3.63) is 54.0 Å². The molecule has 30 heavy (non-hydrogen) atoms. The lowest BCUT2D eigenvalue weighted by Crippen LogP contribution is -2.26. The van der Waals surface area contributed by atoms with E-state index in [1.54, 1.807) is 4.68 Å². The Kier molecular flexibility index (Phi) is 4.80. The third-order valence-electron chi connectivity index (χ3n) is 5.37. The van der Waals surface area contributed by atoms with Crippen LogP contribution in [-0.2, 0) is 13.5 Å². The van der Waals surface area contributed by atoms with Crippen molar-refractivity contribution in [3.63, 3.8) is 0 Å². The van der Waals surface area contributed by atoms with Gasteiger partial charge in [-0.05, 0) is 44.1 Å². The predicted octanol–water partition coefficient (Wildman–Crippen LogP) is 2.31. The zero-order valence-corrected chi connectivity index (χ0v) is 16.6. The number of aryl methyl sites for hydroxylation is 1. The van der Waals surface area contributed by atoms with E-state index < -0.39 is 0 Å². The lowest BCUT2D eigenvalue weighted by Gasteiger charge is -2.19. The maximum Gasteiger partial charge on any atom is 0.197 e. The second-order valence-corrected chi connectivity index (χ2v) is 7.58. The van der Waals surface area contributed by atoms with Crippen LogP contribution in [0.15, 0.2) is 41.1 Å². The topological polar surface area (TPSA) is 112 Å². The first kappa shape index (κ1) is 18.6. The molecule has 1 aliphatic rings. The number of hydrogen-bond donors (Lipinski definition) is 1. The molecule has 0 saturated carbocycles. The zero-order valence-electron chi connectivity index (χ0n) is 16.6. The number of benzene rings is 1. The molecule has 0 aliphatic carbocycles. The van der Waals surface area contributed by atoms with Crippen LogP contribution < -0.4 is 5.32 Å². The van der Waals surface area contributed by atoms with E-state index in [0.29, 0.717) is 17.3 Å². The van der Waals surface area contributed by atoms with Crippen LogP contribution in [0.3, 0.4) is 0 Å². The molecule has 0 radical (unpaired) electrons. The Hall–Kier alpha value is -3.46. The molecule has 9 heteroatoms. The molecule has 0 unspecified atom stereocenters. The summed E-state index contributed by atoms with van der Waals surface area (Å²) in [4.78, 5) is 17.2. The van der Waals surface area contributed by atoms with Gasteiger partial charge in [0.25, 0.3) is 0 Å². The van der Waals surface area contributed by atoms with Gasteiger partial charge >= 0.3 is 0 Å². The fourth-order valence-corrected chi connectivity index (χ4v) is 3.74. The van der Waals surface area contributed by atoms with Gasteiger partial charge in [-0.3, -0.25) is 9.48 Å². The van der Waals surface area contributed by atoms with Crippen LogP contribution in [0, 0.1) is 0 Å². The van der Waals surface area contributed by atoms with Gasteiger partial charge in [-0.15, -0.1) is 5.10 Å². The predicted molar refractivity (Wildman–Crippen MR) is 109 cm³/mol. The van der Waals surface area contributed by atoms with Crippen LogP contribution in [0.25, 0.3) is 22.2 Å². The van der Waals surface area contributed by atoms with Crippen molar-refractivity contribution in [1.29, 1.82) is 0 Å². The van der Waals surface area contributed by atoms with Crippen molar-refractivity contribution in [1.82, 2.24) is 35.5 Å². The van der Waals surface area contributed by atoms with Gasteiger partial charge in [0.2, 0.25) is 0 Å². The summed E-state index contributed by atoms with van der Waals surface area (Å²) in [6.07, 6.45) is 5.37. The summed E-state index contributed by atoms with van der Waals surface area (Å²) in [7, 11) is 1.83. The summed E-state index contributed by atoms with van der Waals surface area (Å²) >= 11 is 0. The maximum absolute atomic E-state index is 12.7. The third kappa shape index (κ3) is 3.71. The Morgan fingerprint density at radius 3 is 2.87 bits per heavy atom. The first-order valence-corrected chi connectivity index (χ1v) is 9.98.